The van der Waals surface area contributed by atoms with Gasteiger partial charge in [0.2, 0.25) is 5.78 Å². The zero-order valence-corrected chi connectivity index (χ0v) is 32.8. The van der Waals surface area contributed by atoms with Gasteiger partial charge in [-0.2, -0.15) is 5.26 Å². The Morgan fingerprint density at radius 1 is 0.927 bits per heavy atom. The molecular weight excluding hydrogens is 716 g/mol. The number of carboxylic acids is 1. The zero-order chi connectivity index (χ0) is 39.0. The van der Waals surface area contributed by atoms with Crippen LogP contribution in [0.2, 0.25) is 5.02 Å². The Balaban J connectivity index is 1.04. The first-order valence-corrected chi connectivity index (χ1v) is 19.7. The molecule has 2 N–H and O–H groups in total. The average molecular weight is 765 g/mol. The van der Waals surface area contributed by atoms with Crippen LogP contribution in [-0.4, -0.2) is 77.3 Å². The van der Waals surface area contributed by atoms with Crippen LogP contribution in [0.5, 0.6) is 0 Å². The predicted octanol–water partition coefficient (Wildman–Crippen LogP) is 6.43. The Labute approximate surface area is 327 Å². The summed E-state index contributed by atoms with van der Waals surface area (Å²) in [5.41, 5.74) is 6.40. The summed E-state index contributed by atoms with van der Waals surface area (Å²) >= 11 is 6.98. The SMILES string of the molecule is CC(C)N1CCc2c(nc(C(=O)Cc3cccc(-c4cccc(NC(=O)c5nc6c(n5C)CCN(CCC5CCC(C(=O)O)CC5)C6)c4Cl)c3C#N)n2C)C1. The van der Waals surface area contributed by atoms with Crippen LogP contribution in [-0.2, 0) is 51.2 Å². The van der Waals surface area contributed by atoms with E-state index in [0.29, 0.717) is 64.6 Å². The Kier molecular flexibility index (Phi) is 11.3. The van der Waals surface area contributed by atoms with Gasteiger partial charge in [-0.25, -0.2) is 9.97 Å². The minimum atomic E-state index is -0.673. The van der Waals surface area contributed by atoms with Crippen LogP contribution in [0.15, 0.2) is 36.4 Å². The van der Waals surface area contributed by atoms with Crippen molar-refractivity contribution in [1.82, 2.24) is 28.9 Å². The topological polar surface area (TPSA) is 149 Å². The van der Waals surface area contributed by atoms with Crippen LogP contribution in [0, 0.1) is 23.2 Å². The summed E-state index contributed by atoms with van der Waals surface area (Å²) < 4.78 is 3.76. The number of nitrogens with zero attached hydrogens (tertiary/aromatic N) is 7. The van der Waals surface area contributed by atoms with Crippen LogP contribution in [0.25, 0.3) is 11.1 Å². The minimum Gasteiger partial charge on any atom is -0.481 e. The summed E-state index contributed by atoms with van der Waals surface area (Å²) in [4.78, 5) is 53.0. The number of Topliss-reactive ketones (excluding diaryl/α,β-unsaturated/α-hetero) is 1. The Bertz CT molecular complexity index is 2170. The van der Waals surface area contributed by atoms with Gasteiger partial charge in [-0.3, -0.25) is 24.2 Å². The van der Waals surface area contributed by atoms with Gasteiger partial charge in [-0.15, -0.1) is 0 Å². The van der Waals surface area contributed by atoms with Crippen LogP contribution in [0.1, 0.15) is 101 Å². The molecule has 0 atom stereocenters. The molecule has 12 nitrogen and oxygen atoms in total. The molecule has 1 amide bonds. The second kappa shape index (κ2) is 16.1. The quantitative estimate of drug-likeness (QED) is 0.165. The highest BCUT2D eigenvalue weighted by Gasteiger charge is 2.30. The fraction of sp³-hybridized carbons (Fsp3) is 0.476. The molecule has 55 heavy (non-hydrogen) atoms. The Morgan fingerprint density at radius 3 is 2.29 bits per heavy atom. The molecular formula is C42H49ClN8O4. The maximum Gasteiger partial charge on any atom is 0.306 e. The van der Waals surface area contributed by atoms with Gasteiger partial charge in [0.25, 0.3) is 5.91 Å². The van der Waals surface area contributed by atoms with Gasteiger partial charge in [0.05, 0.1) is 33.6 Å². The minimum absolute atomic E-state index is 0.0114. The molecule has 0 spiro atoms. The van der Waals surface area contributed by atoms with E-state index in [1.165, 1.54) is 0 Å². The number of imidazole rings is 2. The third kappa shape index (κ3) is 7.83. The van der Waals surface area contributed by atoms with Crippen LogP contribution in [0.3, 0.4) is 0 Å². The van der Waals surface area contributed by atoms with Gasteiger partial charge in [0.1, 0.15) is 6.07 Å². The third-order valence-corrected chi connectivity index (χ3v) is 12.4. The zero-order valence-electron chi connectivity index (χ0n) is 32.1. The van der Waals surface area contributed by atoms with Crippen molar-refractivity contribution in [3.05, 3.63) is 87.0 Å². The number of carboxylic acid groups (broad SMARTS) is 1. The molecule has 4 heterocycles. The largest absolute Gasteiger partial charge is 0.481 e. The average Bonchev–Trinajstić information content (AvgIpc) is 3.70. The number of anilines is 1. The van der Waals surface area contributed by atoms with Gasteiger partial charge in [-0.1, -0.05) is 41.9 Å². The fourth-order valence-corrected chi connectivity index (χ4v) is 8.92. The molecule has 2 aromatic heterocycles. The van der Waals surface area contributed by atoms with Gasteiger partial charge < -0.3 is 19.6 Å². The summed E-state index contributed by atoms with van der Waals surface area (Å²) in [6, 6.07) is 13.4. The normalized spacial score (nSPS) is 18.8. The lowest BCUT2D eigenvalue weighted by Gasteiger charge is -2.30. The number of aliphatic carboxylic acids is 1. The molecule has 3 aliphatic rings. The Morgan fingerprint density at radius 2 is 1.58 bits per heavy atom. The van der Waals surface area contributed by atoms with Crippen LogP contribution >= 0.6 is 11.6 Å². The van der Waals surface area contributed by atoms with Crippen molar-refractivity contribution in [3.8, 4) is 17.2 Å². The van der Waals surface area contributed by atoms with Crippen molar-refractivity contribution in [2.24, 2.45) is 25.9 Å². The summed E-state index contributed by atoms with van der Waals surface area (Å²) in [7, 11) is 3.75. The van der Waals surface area contributed by atoms with E-state index in [-0.39, 0.29) is 29.1 Å². The number of rotatable bonds is 11. The molecule has 0 saturated heterocycles. The van der Waals surface area contributed by atoms with E-state index in [0.717, 1.165) is 87.4 Å². The summed E-state index contributed by atoms with van der Waals surface area (Å²) in [5, 5.41) is 23.0. The molecule has 288 valence electrons. The predicted molar refractivity (Wildman–Crippen MR) is 210 cm³/mol. The first-order chi connectivity index (χ1) is 26.4. The third-order valence-electron chi connectivity index (χ3n) is 12.0. The van der Waals surface area contributed by atoms with Crippen molar-refractivity contribution in [2.45, 2.75) is 84.3 Å². The lowest BCUT2D eigenvalue weighted by atomic mass is 9.80. The van der Waals surface area contributed by atoms with E-state index < -0.39 is 5.97 Å². The van der Waals surface area contributed by atoms with Gasteiger partial charge >= 0.3 is 5.97 Å². The van der Waals surface area contributed by atoms with Gasteiger partial charge in [-0.05, 0) is 70.0 Å². The van der Waals surface area contributed by atoms with E-state index in [4.69, 9.17) is 21.6 Å². The lowest BCUT2D eigenvalue weighted by molar-refractivity contribution is -0.143. The first-order valence-electron chi connectivity index (χ1n) is 19.4. The summed E-state index contributed by atoms with van der Waals surface area (Å²) in [6.07, 6.45) is 6.09. The molecule has 4 aromatic rings. The van der Waals surface area contributed by atoms with E-state index in [1.807, 2.05) is 29.3 Å². The maximum absolute atomic E-state index is 13.7. The van der Waals surface area contributed by atoms with E-state index in [1.54, 1.807) is 30.3 Å². The highest BCUT2D eigenvalue weighted by atomic mass is 35.5. The molecule has 2 aromatic carbocycles. The number of fused-ring (bicyclic) bond motifs is 2. The number of benzene rings is 2. The van der Waals surface area contributed by atoms with E-state index in [2.05, 4.69) is 35.0 Å². The van der Waals surface area contributed by atoms with Gasteiger partial charge in [0, 0.05) is 88.1 Å². The molecule has 2 aliphatic heterocycles. The maximum atomic E-state index is 13.7. The second-order valence-corrected chi connectivity index (χ2v) is 16.0. The van der Waals surface area contributed by atoms with Crippen molar-refractivity contribution in [1.29, 1.82) is 5.26 Å². The molecule has 1 saturated carbocycles. The summed E-state index contributed by atoms with van der Waals surface area (Å²) in [6.45, 7) is 8.40. The number of halogens is 1. The standard InChI is InChI=1S/C42H49ClN8O4/c1-25(2)51-20-17-36-34(24-51)45-39(48(36)3)37(52)21-28-7-5-8-29(31(28)22-44)30-9-6-10-32(38(30)43)47-41(53)40-46-33-23-50(19-16-35(33)49(40)4)18-15-26-11-13-27(14-12-26)42(54)55/h5-10,25-27H,11-21,23-24H2,1-4H3,(H,47,53)(H,54,55). The molecule has 0 unspecified atom stereocenters. The molecule has 1 fully saturated rings. The Hall–Kier alpha value is -4.83. The number of ketones is 1. The van der Waals surface area contributed by atoms with E-state index in [9.17, 15) is 24.8 Å². The number of nitriles is 1. The van der Waals surface area contributed by atoms with Crippen LogP contribution in [0.4, 0.5) is 5.69 Å². The molecule has 13 heteroatoms. The van der Waals surface area contributed by atoms with Crippen molar-refractivity contribution in [2.75, 3.05) is 25.0 Å². The highest BCUT2D eigenvalue weighted by Crippen LogP contribution is 2.37. The number of amides is 1. The van der Waals surface area contributed by atoms with E-state index >= 15 is 0 Å². The number of nitrogens with one attached hydrogen (secondary N) is 1. The number of carbonyl (C=O) groups is 3. The number of aromatic nitrogens is 4. The fourth-order valence-electron chi connectivity index (χ4n) is 8.65. The molecule has 1 aliphatic carbocycles. The number of carbonyl (C=O) groups excluding carboxylic acids is 2. The second-order valence-electron chi connectivity index (χ2n) is 15.6. The number of hydrogen-bond acceptors (Lipinski definition) is 8. The molecule has 0 bridgehead atoms. The van der Waals surface area contributed by atoms with Crippen molar-refractivity contribution in [3.63, 3.8) is 0 Å². The van der Waals surface area contributed by atoms with Crippen molar-refractivity contribution >= 4 is 34.9 Å². The number of hydrogen-bond donors (Lipinski definition) is 2. The summed E-state index contributed by atoms with van der Waals surface area (Å²) in [5.74, 6) is -0.174. The van der Waals surface area contributed by atoms with Crippen LogP contribution < -0.4 is 5.32 Å². The highest BCUT2D eigenvalue weighted by molar-refractivity contribution is 6.36. The van der Waals surface area contributed by atoms with Crippen molar-refractivity contribution < 1.29 is 19.5 Å². The smallest absolute Gasteiger partial charge is 0.306 e. The monoisotopic (exact) mass is 764 g/mol. The lowest BCUT2D eigenvalue weighted by Crippen LogP contribution is -2.36. The molecule has 7 rings (SSSR count). The first kappa shape index (κ1) is 38.4. The molecule has 0 radical (unpaired) electrons. The van der Waals surface area contributed by atoms with Gasteiger partial charge in [0.15, 0.2) is 11.6 Å².